The molecule has 0 amide bonds. The summed E-state index contributed by atoms with van der Waals surface area (Å²) in [6.45, 7) is 0. The van der Waals surface area contributed by atoms with E-state index < -0.39 is 0 Å². The molecule has 2 heterocycles. The van der Waals surface area contributed by atoms with Crippen molar-refractivity contribution in [3.05, 3.63) is 127 Å². The Morgan fingerprint density at radius 2 is 1.05 bits per heavy atom. The Kier molecular flexibility index (Phi) is 4.63. The molecule has 1 nitrogen and oxygen atoms in total. The molecular formula is C34H21NS2. The Labute approximate surface area is 222 Å². The topological polar surface area (TPSA) is 3.24 Å². The van der Waals surface area contributed by atoms with Crippen LogP contribution in [0.2, 0.25) is 0 Å². The minimum absolute atomic E-state index is 1.16. The molecule has 37 heavy (non-hydrogen) atoms. The fourth-order valence-corrected chi connectivity index (χ4v) is 8.26. The van der Waals surface area contributed by atoms with E-state index in [1.807, 2.05) is 22.7 Å². The van der Waals surface area contributed by atoms with Gasteiger partial charge in [0.15, 0.2) is 0 Å². The summed E-state index contributed by atoms with van der Waals surface area (Å²) in [6, 6.07) is 46.1. The number of fused-ring (bicyclic) bond motifs is 9. The monoisotopic (exact) mass is 507 g/mol. The van der Waals surface area contributed by atoms with E-state index in [0.717, 1.165) is 11.4 Å². The highest BCUT2D eigenvalue weighted by molar-refractivity contribution is 7.30. The van der Waals surface area contributed by atoms with Crippen molar-refractivity contribution in [2.75, 3.05) is 4.90 Å². The summed E-state index contributed by atoms with van der Waals surface area (Å²) in [5, 5.41) is 8.06. The Hall–Kier alpha value is -4.18. The summed E-state index contributed by atoms with van der Waals surface area (Å²) in [4.78, 5) is 2.38. The highest BCUT2D eigenvalue weighted by atomic mass is 32.1. The highest BCUT2D eigenvalue weighted by Gasteiger charge is 2.20. The number of benzene rings is 6. The zero-order valence-electron chi connectivity index (χ0n) is 19.9. The molecule has 0 unspecified atom stereocenters. The molecule has 2 aromatic heterocycles. The molecule has 0 N–H and O–H groups in total. The van der Waals surface area contributed by atoms with E-state index in [2.05, 4.69) is 132 Å². The van der Waals surface area contributed by atoms with Gasteiger partial charge in [0, 0.05) is 47.0 Å². The average Bonchev–Trinajstić information content (AvgIpc) is 3.53. The molecule has 8 aromatic rings. The van der Waals surface area contributed by atoms with Crippen molar-refractivity contribution in [2.24, 2.45) is 0 Å². The van der Waals surface area contributed by atoms with Crippen molar-refractivity contribution in [1.82, 2.24) is 0 Å². The fourth-order valence-electron chi connectivity index (χ4n) is 5.59. The van der Waals surface area contributed by atoms with Gasteiger partial charge in [-0.3, -0.25) is 0 Å². The number of rotatable bonds is 3. The van der Waals surface area contributed by atoms with Crippen molar-refractivity contribution in [3.8, 4) is 0 Å². The van der Waals surface area contributed by atoms with Gasteiger partial charge in [-0.2, -0.15) is 0 Å². The third-order valence-electron chi connectivity index (χ3n) is 7.24. The van der Waals surface area contributed by atoms with Gasteiger partial charge in [-0.15, -0.1) is 22.7 Å². The first-order chi connectivity index (χ1) is 18.4. The lowest BCUT2D eigenvalue weighted by atomic mass is 10.0. The second kappa shape index (κ2) is 8.17. The minimum Gasteiger partial charge on any atom is -0.309 e. The predicted octanol–water partition coefficient (Wildman–Crippen LogP) is 11.0. The van der Waals surface area contributed by atoms with Gasteiger partial charge in [-0.1, -0.05) is 91.0 Å². The molecule has 174 valence electrons. The third-order valence-corrected chi connectivity index (χ3v) is 9.70. The smallest absolute Gasteiger partial charge is 0.0640 e. The second-order valence-corrected chi connectivity index (χ2v) is 11.4. The first-order valence-electron chi connectivity index (χ1n) is 12.5. The van der Waals surface area contributed by atoms with Crippen LogP contribution < -0.4 is 4.90 Å². The number of hydrogen-bond acceptors (Lipinski definition) is 3. The van der Waals surface area contributed by atoms with E-state index in [4.69, 9.17) is 0 Å². The minimum atomic E-state index is 1.16. The number of thiophene rings is 2. The van der Waals surface area contributed by atoms with E-state index in [0.29, 0.717) is 0 Å². The largest absolute Gasteiger partial charge is 0.309 e. The summed E-state index contributed by atoms with van der Waals surface area (Å²) in [7, 11) is 0. The Morgan fingerprint density at radius 3 is 1.84 bits per heavy atom. The van der Waals surface area contributed by atoms with E-state index in [9.17, 15) is 0 Å². The van der Waals surface area contributed by atoms with Crippen molar-refractivity contribution >= 4 is 90.9 Å². The summed E-state index contributed by atoms with van der Waals surface area (Å²) < 4.78 is 5.43. The van der Waals surface area contributed by atoms with Gasteiger partial charge in [-0.05, 0) is 47.2 Å². The molecule has 0 aliphatic heterocycles. The Bertz CT molecular complexity index is 2050. The second-order valence-electron chi connectivity index (χ2n) is 9.34. The highest BCUT2D eigenvalue weighted by Crippen LogP contribution is 2.49. The number of hydrogen-bond donors (Lipinski definition) is 0. The summed E-state index contributed by atoms with van der Waals surface area (Å²) in [6.07, 6.45) is 0. The van der Waals surface area contributed by atoms with Crippen molar-refractivity contribution in [2.45, 2.75) is 0 Å². The van der Waals surface area contributed by atoms with E-state index in [1.54, 1.807) is 0 Å². The molecule has 0 atom stereocenters. The van der Waals surface area contributed by atoms with Crippen LogP contribution in [0.1, 0.15) is 0 Å². The van der Waals surface area contributed by atoms with Crippen LogP contribution in [0.3, 0.4) is 0 Å². The van der Waals surface area contributed by atoms with Crippen molar-refractivity contribution < 1.29 is 0 Å². The van der Waals surface area contributed by atoms with Crippen LogP contribution in [0.4, 0.5) is 17.1 Å². The molecule has 0 aliphatic carbocycles. The summed E-state index contributed by atoms with van der Waals surface area (Å²) in [5.41, 5.74) is 3.55. The summed E-state index contributed by atoms with van der Waals surface area (Å²) >= 11 is 3.84. The molecule has 8 rings (SSSR count). The van der Waals surface area contributed by atoms with E-state index in [1.165, 1.54) is 56.8 Å². The summed E-state index contributed by atoms with van der Waals surface area (Å²) in [5.74, 6) is 0. The molecule has 0 bridgehead atoms. The van der Waals surface area contributed by atoms with Crippen LogP contribution in [-0.2, 0) is 0 Å². The lowest BCUT2D eigenvalue weighted by Gasteiger charge is -2.25. The van der Waals surface area contributed by atoms with Crippen LogP contribution in [-0.4, -0.2) is 0 Å². The van der Waals surface area contributed by atoms with Crippen molar-refractivity contribution in [1.29, 1.82) is 0 Å². The van der Waals surface area contributed by atoms with Gasteiger partial charge in [0.1, 0.15) is 0 Å². The molecule has 6 aromatic carbocycles. The van der Waals surface area contributed by atoms with Gasteiger partial charge in [-0.25, -0.2) is 0 Å². The molecule has 0 spiro atoms. The molecular weight excluding hydrogens is 487 g/mol. The average molecular weight is 508 g/mol. The normalized spacial score (nSPS) is 11.8. The Morgan fingerprint density at radius 1 is 0.405 bits per heavy atom. The Balaban J connectivity index is 1.46. The lowest BCUT2D eigenvalue weighted by molar-refractivity contribution is 1.30. The zero-order valence-corrected chi connectivity index (χ0v) is 21.5. The quantitative estimate of drug-likeness (QED) is 0.230. The van der Waals surface area contributed by atoms with Gasteiger partial charge in [0.05, 0.1) is 10.4 Å². The maximum absolute atomic E-state index is 2.38. The molecule has 0 radical (unpaired) electrons. The van der Waals surface area contributed by atoms with E-state index in [-0.39, 0.29) is 0 Å². The van der Waals surface area contributed by atoms with Gasteiger partial charge in [0.2, 0.25) is 0 Å². The van der Waals surface area contributed by atoms with E-state index >= 15 is 0 Å². The third kappa shape index (κ3) is 3.15. The molecule has 0 aliphatic rings. The van der Waals surface area contributed by atoms with Crippen molar-refractivity contribution in [3.63, 3.8) is 0 Å². The number of anilines is 3. The molecule has 0 saturated heterocycles. The lowest BCUT2D eigenvalue weighted by Crippen LogP contribution is -2.09. The maximum Gasteiger partial charge on any atom is 0.0640 e. The number of para-hydroxylation sites is 2. The van der Waals surface area contributed by atoms with Gasteiger partial charge in [0.25, 0.3) is 0 Å². The van der Waals surface area contributed by atoms with Crippen LogP contribution in [0.25, 0.3) is 51.1 Å². The van der Waals surface area contributed by atoms with Crippen LogP contribution in [0.5, 0.6) is 0 Å². The molecule has 3 heteroatoms. The molecule has 0 fully saturated rings. The fraction of sp³-hybridized carbons (Fsp3) is 0. The maximum atomic E-state index is 2.38. The zero-order chi connectivity index (χ0) is 24.3. The van der Waals surface area contributed by atoms with Crippen LogP contribution in [0.15, 0.2) is 127 Å². The SMILES string of the molecule is c1ccc(N(c2ccccc2)c2cccc3c2sc2ccc4c5ccc6ccccc6c5sc4c23)cc1. The first kappa shape index (κ1) is 21.0. The van der Waals surface area contributed by atoms with Gasteiger partial charge < -0.3 is 4.90 Å². The predicted molar refractivity (Wildman–Crippen MR) is 164 cm³/mol. The molecule has 0 saturated carbocycles. The van der Waals surface area contributed by atoms with Crippen LogP contribution in [0, 0.1) is 0 Å². The van der Waals surface area contributed by atoms with Crippen LogP contribution >= 0.6 is 22.7 Å². The first-order valence-corrected chi connectivity index (χ1v) is 14.1. The standard InChI is InChI=1S/C34H21NS2/c1-3-11-23(12-4-1)35(24-13-5-2-6-14-24)29-17-9-16-28-31-30(36-33(28)29)21-20-27-26-19-18-22-10-7-8-15-25(22)32(26)37-34(27)31/h1-21H. The number of nitrogens with zero attached hydrogens (tertiary/aromatic N) is 1. The van der Waals surface area contributed by atoms with Gasteiger partial charge >= 0.3 is 0 Å².